The zero-order chi connectivity index (χ0) is 13.0. The maximum absolute atomic E-state index is 12.7. The van der Waals surface area contributed by atoms with Crippen molar-refractivity contribution in [3.63, 3.8) is 0 Å². The number of alkyl halides is 3. The van der Waals surface area contributed by atoms with Crippen molar-refractivity contribution in [2.75, 3.05) is 0 Å². The van der Waals surface area contributed by atoms with E-state index in [2.05, 4.69) is 4.98 Å². The minimum absolute atomic E-state index is 0.00787. The fraction of sp³-hybridized carbons (Fsp3) is 0.154. The summed E-state index contributed by atoms with van der Waals surface area (Å²) < 4.78 is 43.2. The number of pyridine rings is 1. The van der Waals surface area contributed by atoms with E-state index in [1.807, 2.05) is 0 Å². The minimum Gasteiger partial charge on any atom is -0.487 e. The topological polar surface area (TPSA) is 22.1 Å². The SMILES string of the molecule is FC(F)(F)c1ccccc1OCc1ccccn1. The van der Waals surface area contributed by atoms with Gasteiger partial charge >= 0.3 is 6.18 Å². The van der Waals surface area contributed by atoms with Crippen LogP contribution in [0.4, 0.5) is 13.2 Å². The van der Waals surface area contributed by atoms with Crippen molar-refractivity contribution in [1.29, 1.82) is 0 Å². The Bertz CT molecular complexity index is 511. The van der Waals surface area contributed by atoms with Gasteiger partial charge in [-0.15, -0.1) is 0 Å². The average Bonchev–Trinajstić information content (AvgIpc) is 2.37. The molecule has 1 aromatic carbocycles. The maximum Gasteiger partial charge on any atom is 0.419 e. The number of rotatable bonds is 3. The highest BCUT2D eigenvalue weighted by atomic mass is 19.4. The molecule has 0 bridgehead atoms. The molecule has 0 aliphatic carbocycles. The standard InChI is InChI=1S/C13H10F3NO/c14-13(15,16)11-6-1-2-7-12(11)18-9-10-5-3-4-8-17-10/h1-8H,9H2. The third-order valence-corrected chi connectivity index (χ3v) is 2.29. The zero-order valence-electron chi connectivity index (χ0n) is 9.32. The Morgan fingerprint density at radius 3 is 2.39 bits per heavy atom. The van der Waals surface area contributed by atoms with E-state index >= 15 is 0 Å². The van der Waals surface area contributed by atoms with Crippen molar-refractivity contribution in [3.05, 3.63) is 59.9 Å². The lowest BCUT2D eigenvalue weighted by atomic mass is 10.2. The number of aromatic nitrogens is 1. The third-order valence-electron chi connectivity index (χ3n) is 2.29. The Morgan fingerprint density at radius 1 is 1.00 bits per heavy atom. The maximum atomic E-state index is 12.7. The van der Waals surface area contributed by atoms with Gasteiger partial charge in [-0.05, 0) is 24.3 Å². The fourth-order valence-electron chi connectivity index (χ4n) is 1.46. The number of hydrogen-bond acceptors (Lipinski definition) is 2. The van der Waals surface area contributed by atoms with Crippen LogP contribution >= 0.6 is 0 Å². The molecule has 18 heavy (non-hydrogen) atoms. The summed E-state index contributed by atoms with van der Waals surface area (Å²) in [7, 11) is 0. The molecule has 94 valence electrons. The molecule has 2 nitrogen and oxygen atoms in total. The number of ether oxygens (including phenoxy) is 1. The minimum atomic E-state index is -4.42. The number of nitrogens with zero attached hydrogens (tertiary/aromatic N) is 1. The van der Waals surface area contributed by atoms with E-state index in [0.29, 0.717) is 5.69 Å². The fourth-order valence-corrected chi connectivity index (χ4v) is 1.46. The first kappa shape index (κ1) is 12.4. The number of halogens is 3. The summed E-state index contributed by atoms with van der Waals surface area (Å²) in [5, 5.41) is 0. The molecule has 0 aliphatic rings. The van der Waals surface area contributed by atoms with Gasteiger partial charge in [0.25, 0.3) is 0 Å². The zero-order valence-corrected chi connectivity index (χ0v) is 9.32. The predicted molar refractivity (Wildman–Crippen MR) is 60.0 cm³/mol. The second-order valence-corrected chi connectivity index (χ2v) is 3.60. The van der Waals surface area contributed by atoms with Gasteiger partial charge in [-0.3, -0.25) is 4.98 Å². The van der Waals surface area contributed by atoms with Gasteiger partial charge in [-0.2, -0.15) is 13.2 Å². The smallest absolute Gasteiger partial charge is 0.419 e. The van der Waals surface area contributed by atoms with Gasteiger partial charge in [0.2, 0.25) is 0 Å². The molecule has 0 radical (unpaired) electrons. The molecule has 0 N–H and O–H groups in total. The van der Waals surface area contributed by atoms with Gasteiger partial charge in [0, 0.05) is 6.20 Å². The van der Waals surface area contributed by atoms with E-state index in [1.54, 1.807) is 24.4 Å². The second-order valence-electron chi connectivity index (χ2n) is 3.60. The Hall–Kier alpha value is -2.04. The van der Waals surface area contributed by atoms with Crippen molar-refractivity contribution in [2.45, 2.75) is 12.8 Å². The predicted octanol–water partition coefficient (Wildman–Crippen LogP) is 3.68. The quantitative estimate of drug-likeness (QED) is 0.832. The van der Waals surface area contributed by atoms with Crippen LogP contribution in [0.5, 0.6) is 5.75 Å². The van der Waals surface area contributed by atoms with Crippen molar-refractivity contribution in [3.8, 4) is 5.75 Å². The van der Waals surface area contributed by atoms with Crippen LogP contribution in [0.15, 0.2) is 48.7 Å². The van der Waals surface area contributed by atoms with Gasteiger partial charge in [0.05, 0.1) is 11.3 Å². The van der Waals surface area contributed by atoms with Crippen LogP contribution in [0.3, 0.4) is 0 Å². The molecule has 1 heterocycles. The molecule has 2 aromatic rings. The van der Waals surface area contributed by atoms with Crippen molar-refractivity contribution >= 4 is 0 Å². The van der Waals surface area contributed by atoms with E-state index in [9.17, 15) is 13.2 Å². The van der Waals surface area contributed by atoms with Crippen molar-refractivity contribution in [1.82, 2.24) is 4.98 Å². The van der Waals surface area contributed by atoms with Gasteiger partial charge in [-0.25, -0.2) is 0 Å². The van der Waals surface area contributed by atoms with Gasteiger partial charge in [-0.1, -0.05) is 18.2 Å². The van der Waals surface area contributed by atoms with Crippen LogP contribution in [0, 0.1) is 0 Å². The normalized spacial score (nSPS) is 11.3. The molecular formula is C13H10F3NO. The first-order valence-electron chi connectivity index (χ1n) is 5.26. The third kappa shape index (κ3) is 3.00. The number of hydrogen-bond donors (Lipinski definition) is 0. The van der Waals surface area contributed by atoms with Gasteiger partial charge in [0.15, 0.2) is 0 Å². The van der Waals surface area contributed by atoms with Crippen LogP contribution in [0.1, 0.15) is 11.3 Å². The van der Waals surface area contributed by atoms with Crippen LogP contribution in [0.2, 0.25) is 0 Å². The summed E-state index contributed by atoms with van der Waals surface area (Å²) in [5.74, 6) is -0.185. The van der Waals surface area contributed by atoms with E-state index in [-0.39, 0.29) is 12.4 Å². The lowest BCUT2D eigenvalue weighted by Crippen LogP contribution is -2.08. The Morgan fingerprint density at radius 2 is 1.72 bits per heavy atom. The monoisotopic (exact) mass is 253 g/mol. The molecule has 0 aliphatic heterocycles. The Labute approximate surface area is 102 Å². The highest BCUT2D eigenvalue weighted by Crippen LogP contribution is 2.36. The lowest BCUT2D eigenvalue weighted by Gasteiger charge is -2.13. The molecule has 0 saturated heterocycles. The number of benzene rings is 1. The van der Waals surface area contributed by atoms with Crippen molar-refractivity contribution < 1.29 is 17.9 Å². The van der Waals surface area contributed by atoms with E-state index in [0.717, 1.165) is 6.07 Å². The summed E-state index contributed by atoms with van der Waals surface area (Å²) in [5.41, 5.74) is -0.199. The van der Waals surface area contributed by atoms with E-state index < -0.39 is 11.7 Å². The van der Waals surface area contributed by atoms with Crippen LogP contribution in [-0.4, -0.2) is 4.98 Å². The van der Waals surface area contributed by atoms with Crippen LogP contribution in [-0.2, 0) is 12.8 Å². The first-order valence-corrected chi connectivity index (χ1v) is 5.26. The van der Waals surface area contributed by atoms with E-state index in [4.69, 9.17) is 4.74 Å². The molecule has 1 aromatic heterocycles. The molecular weight excluding hydrogens is 243 g/mol. The summed E-state index contributed by atoms with van der Waals surface area (Å²) in [6, 6.07) is 10.3. The molecule has 0 unspecified atom stereocenters. The average molecular weight is 253 g/mol. The summed E-state index contributed by atoms with van der Waals surface area (Å²) in [6.07, 6.45) is -2.85. The molecule has 0 amide bonds. The number of para-hydroxylation sites is 1. The molecule has 0 spiro atoms. The van der Waals surface area contributed by atoms with Gasteiger partial charge in [0.1, 0.15) is 12.4 Å². The molecule has 5 heteroatoms. The molecule has 0 saturated carbocycles. The highest BCUT2D eigenvalue weighted by molar-refractivity contribution is 5.35. The Kier molecular flexibility index (Phi) is 3.50. The van der Waals surface area contributed by atoms with Crippen LogP contribution < -0.4 is 4.74 Å². The van der Waals surface area contributed by atoms with Crippen molar-refractivity contribution in [2.24, 2.45) is 0 Å². The highest BCUT2D eigenvalue weighted by Gasteiger charge is 2.33. The van der Waals surface area contributed by atoms with Crippen LogP contribution in [0.25, 0.3) is 0 Å². The van der Waals surface area contributed by atoms with E-state index in [1.165, 1.54) is 18.2 Å². The Balaban J connectivity index is 2.15. The molecule has 0 fully saturated rings. The summed E-state index contributed by atoms with van der Waals surface area (Å²) >= 11 is 0. The lowest BCUT2D eigenvalue weighted by molar-refractivity contribution is -0.139. The summed E-state index contributed by atoms with van der Waals surface area (Å²) in [4.78, 5) is 3.98. The first-order chi connectivity index (χ1) is 8.57. The summed E-state index contributed by atoms with van der Waals surface area (Å²) in [6.45, 7) is 0.00787. The van der Waals surface area contributed by atoms with Gasteiger partial charge < -0.3 is 4.74 Å². The molecule has 0 atom stereocenters. The second kappa shape index (κ2) is 5.08. The molecule has 2 rings (SSSR count). The largest absolute Gasteiger partial charge is 0.487 e.